The zero-order valence-corrected chi connectivity index (χ0v) is 10.2. The molecule has 0 saturated carbocycles. The molecule has 0 radical (unpaired) electrons. The molecule has 0 N–H and O–H groups in total. The van der Waals surface area contributed by atoms with E-state index in [4.69, 9.17) is 0 Å². The quantitative estimate of drug-likeness (QED) is 0.658. The highest BCUT2D eigenvalue weighted by Crippen LogP contribution is 2.07. The number of unbranched alkanes of at least 4 members (excludes halogenated alkanes) is 1. The third-order valence-electron chi connectivity index (χ3n) is 2.55. The molecule has 0 aromatic heterocycles. The minimum Gasteiger partial charge on any atom is -0.294 e. The van der Waals surface area contributed by atoms with Crippen molar-refractivity contribution < 1.29 is 4.79 Å². The van der Waals surface area contributed by atoms with Crippen molar-refractivity contribution in [2.45, 2.75) is 39.5 Å². The van der Waals surface area contributed by atoms with Crippen LogP contribution in [-0.4, -0.2) is 5.78 Å². The number of rotatable bonds is 6. The Morgan fingerprint density at radius 3 is 2.56 bits per heavy atom. The lowest BCUT2D eigenvalue weighted by atomic mass is 10.0. The van der Waals surface area contributed by atoms with Gasteiger partial charge >= 0.3 is 0 Å². The lowest BCUT2D eigenvalue weighted by Gasteiger charge is -2.00. The van der Waals surface area contributed by atoms with Crippen LogP contribution in [0.15, 0.2) is 42.0 Å². The number of hydrogen-bond donors (Lipinski definition) is 0. The van der Waals surface area contributed by atoms with Gasteiger partial charge in [-0.15, -0.1) is 0 Å². The third kappa shape index (κ3) is 4.92. The maximum absolute atomic E-state index is 11.7. The van der Waals surface area contributed by atoms with Crippen LogP contribution in [0.5, 0.6) is 0 Å². The van der Waals surface area contributed by atoms with E-state index in [0.717, 1.165) is 12.0 Å². The molecular formula is C15H20O. The summed E-state index contributed by atoms with van der Waals surface area (Å²) in [5.74, 6) is 0.208. The Morgan fingerprint density at radius 1 is 1.25 bits per heavy atom. The Kier molecular flexibility index (Phi) is 5.55. The van der Waals surface area contributed by atoms with Crippen molar-refractivity contribution in [1.29, 1.82) is 0 Å². The average Bonchev–Trinajstić information content (AvgIpc) is 2.27. The van der Waals surface area contributed by atoms with Gasteiger partial charge in [-0.3, -0.25) is 4.79 Å². The highest BCUT2D eigenvalue weighted by atomic mass is 16.1. The first kappa shape index (κ1) is 12.7. The van der Waals surface area contributed by atoms with Gasteiger partial charge in [-0.2, -0.15) is 0 Å². The van der Waals surface area contributed by atoms with Crippen LogP contribution in [0.1, 0.15) is 38.7 Å². The molecule has 0 bridgehead atoms. The fourth-order valence-corrected chi connectivity index (χ4v) is 1.65. The number of ketones is 1. The molecule has 0 heterocycles. The number of benzene rings is 1. The molecule has 1 heteroatoms. The molecule has 0 amide bonds. The van der Waals surface area contributed by atoms with Crippen molar-refractivity contribution in [2.24, 2.45) is 0 Å². The smallest absolute Gasteiger partial charge is 0.159 e. The summed E-state index contributed by atoms with van der Waals surface area (Å²) in [7, 11) is 0. The van der Waals surface area contributed by atoms with E-state index in [1.165, 1.54) is 18.4 Å². The minimum atomic E-state index is 0.208. The summed E-state index contributed by atoms with van der Waals surface area (Å²) >= 11 is 0. The zero-order chi connectivity index (χ0) is 11.8. The fraction of sp³-hybridized carbons (Fsp3) is 0.400. The minimum absolute atomic E-state index is 0.208. The Bertz CT molecular complexity index is 349. The summed E-state index contributed by atoms with van der Waals surface area (Å²) < 4.78 is 0. The monoisotopic (exact) mass is 216 g/mol. The van der Waals surface area contributed by atoms with E-state index < -0.39 is 0 Å². The highest BCUT2D eigenvalue weighted by molar-refractivity contribution is 5.91. The van der Waals surface area contributed by atoms with Crippen LogP contribution in [0.4, 0.5) is 0 Å². The third-order valence-corrected chi connectivity index (χ3v) is 2.55. The van der Waals surface area contributed by atoms with E-state index in [1.807, 2.05) is 37.3 Å². The Hall–Kier alpha value is -1.37. The van der Waals surface area contributed by atoms with E-state index in [9.17, 15) is 4.79 Å². The molecule has 0 aliphatic rings. The molecule has 1 rings (SSSR count). The molecule has 0 aliphatic carbocycles. The van der Waals surface area contributed by atoms with E-state index in [-0.39, 0.29) is 5.78 Å². The first-order valence-corrected chi connectivity index (χ1v) is 5.96. The molecule has 16 heavy (non-hydrogen) atoms. The Balaban J connectivity index is 2.47. The van der Waals surface area contributed by atoms with Crippen molar-refractivity contribution in [3.63, 3.8) is 0 Å². The van der Waals surface area contributed by atoms with Gasteiger partial charge in [0.1, 0.15) is 0 Å². The summed E-state index contributed by atoms with van der Waals surface area (Å²) in [6.45, 7) is 4.21. The predicted molar refractivity (Wildman–Crippen MR) is 68.4 cm³/mol. The normalized spacial score (nSPS) is 11.5. The summed E-state index contributed by atoms with van der Waals surface area (Å²) in [6, 6.07) is 9.89. The van der Waals surface area contributed by atoms with Crippen LogP contribution in [-0.2, 0) is 11.2 Å². The van der Waals surface area contributed by atoms with Gasteiger partial charge in [-0.25, -0.2) is 0 Å². The van der Waals surface area contributed by atoms with Crippen LogP contribution < -0.4 is 0 Å². The summed E-state index contributed by atoms with van der Waals surface area (Å²) in [4.78, 5) is 11.7. The van der Waals surface area contributed by atoms with Crippen molar-refractivity contribution >= 4 is 5.78 Å². The van der Waals surface area contributed by atoms with E-state index in [0.29, 0.717) is 6.42 Å². The van der Waals surface area contributed by atoms with Gasteiger partial charge < -0.3 is 0 Å². The van der Waals surface area contributed by atoms with Crippen LogP contribution in [0, 0.1) is 0 Å². The Labute approximate surface area is 98.2 Å². The molecule has 0 atom stereocenters. The lowest BCUT2D eigenvalue weighted by molar-refractivity contribution is -0.114. The van der Waals surface area contributed by atoms with Gasteiger partial charge in [-0.1, -0.05) is 49.2 Å². The molecule has 1 aromatic rings. The van der Waals surface area contributed by atoms with Gasteiger partial charge in [0, 0.05) is 6.42 Å². The SMILES string of the molecule is CCCC/C(C)=C/C(=O)Cc1ccccc1. The molecule has 0 saturated heterocycles. The second-order valence-corrected chi connectivity index (χ2v) is 4.22. The first-order valence-electron chi connectivity index (χ1n) is 5.96. The van der Waals surface area contributed by atoms with Gasteiger partial charge in [0.05, 0.1) is 0 Å². The van der Waals surface area contributed by atoms with E-state index >= 15 is 0 Å². The van der Waals surface area contributed by atoms with Crippen molar-refractivity contribution in [1.82, 2.24) is 0 Å². The molecule has 0 fully saturated rings. The first-order chi connectivity index (χ1) is 7.72. The maximum Gasteiger partial charge on any atom is 0.159 e. The molecule has 86 valence electrons. The number of hydrogen-bond acceptors (Lipinski definition) is 1. The zero-order valence-electron chi connectivity index (χ0n) is 10.2. The number of carbonyl (C=O) groups is 1. The predicted octanol–water partition coefficient (Wildman–Crippen LogP) is 3.93. The van der Waals surface area contributed by atoms with Gasteiger partial charge in [0.15, 0.2) is 5.78 Å². The molecule has 1 nitrogen and oxygen atoms in total. The second kappa shape index (κ2) is 7.00. The molecular weight excluding hydrogens is 196 g/mol. The van der Waals surface area contributed by atoms with Crippen LogP contribution in [0.2, 0.25) is 0 Å². The average molecular weight is 216 g/mol. The van der Waals surface area contributed by atoms with Crippen molar-refractivity contribution in [3.05, 3.63) is 47.5 Å². The fourth-order valence-electron chi connectivity index (χ4n) is 1.65. The maximum atomic E-state index is 11.7. The largest absolute Gasteiger partial charge is 0.294 e. The molecule has 1 aromatic carbocycles. The Morgan fingerprint density at radius 2 is 1.94 bits per heavy atom. The van der Waals surface area contributed by atoms with E-state index in [2.05, 4.69) is 6.92 Å². The summed E-state index contributed by atoms with van der Waals surface area (Å²) in [6.07, 6.45) is 5.70. The van der Waals surface area contributed by atoms with Crippen molar-refractivity contribution in [3.8, 4) is 0 Å². The number of carbonyl (C=O) groups excluding carboxylic acids is 1. The molecule has 0 unspecified atom stereocenters. The summed E-state index contributed by atoms with van der Waals surface area (Å²) in [5, 5.41) is 0. The van der Waals surface area contributed by atoms with Gasteiger partial charge in [-0.05, 0) is 31.4 Å². The summed E-state index contributed by atoms with van der Waals surface area (Å²) in [5.41, 5.74) is 2.29. The lowest BCUT2D eigenvalue weighted by Crippen LogP contribution is -1.99. The van der Waals surface area contributed by atoms with Gasteiger partial charge in [0.25, 0.3) is 0 Å². The molecule has 0 spiro atoms. The van der Waals surface area contributed by atoms with Crippen LogP contribution in [0.3, 0.4) is 0 Å². The van der Waals surface area contributed by atoms with Gasteiger partial charge in [0.2, 0.25) is 0 Å². The topological polar surface area (TPSA) is 17.1 Å². The van der Waals surface area contributed by atoms with Crippen molar-refractivity contribution in [2.75, 3.05) is 0 Å². The van der Waals surface area contributed by atoms with Crippen LogP contribution in [0.25, 0.3) is 0 Å². The standard InChI is InChI=1S/C15H20O/c1-3-4-8-13(2)11-15(16)12-14-9-6-5-7-10-14/h5-7,9-11H,3-4,8,12H2,1-2H3/b13-11+. The van der Waals surface area contributed by atoms with Crippen LogP contribution >= 0.6 is 0 Å². The highest BCUT2D eigenvalue weighted by Gasteiger charge is 2.00. The number of allylic oxidation sites excluding steroid dienone is 2. The molecule has 0 aliphatic heterocycles. The van der Waals surface area contributed by atoms with E-state index in [1.54, 1.807) is 6.08 Å². The second-order valence-electron chi connectivity index (χ2n) is 4.22.